The molecule has 0 saturated heterocycles. The molecule has 1 amide bonds. The average molecular weight is 376 g/mol. The topological polar surface area (TPSA) is 84.7 Å². The number of benzene rings is 1. The molecule has 1 aromatic carbocycles. The van der Waals surface area contributed by atoms with Gasteiger partial charge in [-0.05, 0) is 44.0 Å². The summed E-state index contributed by atoms with van der Waals surface area (Å²) in [6.07, 6.45) is 6.00. The van der Waals surface area contributed by atoms with E-state index in [9.17, 15) is 4.79 Å². The molecule has 4 rings (SSSR count). The van der Waals surface area contributed by atoms with Crippen molar-refractivity contribution in [2.75, 3.05) is 12.4 Å². The van der Waals surface area contributed by atoms with E-state index in [0.717, 1.165) is 54.3 Å². The minimum Gasteiger partial charge on any atom is -0.387 e. The number of anilines is 1. The van der Waals surface area contributed by atoms with Crippen molar-refractivity contribution in [2.24, 2.45) is 0 Å². The van der Waals surface area contributed by atoms with E-state index >= 15 is 0 Å². The SMILES string of the molecule is CNc1ccc(C)cc1C(=O)NC1CCc2nnc(-c3ccncc3)n2CC1. The van der Waals surface area contributed by atoms with Crippen LogP contribution in [0.25, 0.3) is 11.4 Å². The summed E-state index contributed by atoms with van der Waals surface area (Å²) in [5.74, 6) is 1.79. The third kappa shape index (κ3) is 3.60. The Balaban J connectivity index is 1.49. The number of rotatable bonds is 4. The highest BCUT2D eigenvalue weighted by atomic mass is 16.1. The normalized spacial score (nSPS) is 16.1. The minimum atomic E-state index is -0.0370. The highest BCUT2D eigenvalue weighted by molar-refractivity contribution is 6.00. The first kappa shape index (κ1) is 18.2. The molecule has 7 nitrogen and oxygen atoms in total. The van der Waals surface area contributed by atoms with Gasteiger partial charge in [-0.3, -0.25) is 9.78 Å². The summed E-state index contributed by atoms with van der Waals surface area (Å²) in [4.78, 5) is 16.9. The summed E-state index contributed by atoms with van der Waals surface area (Å²) < 4.78 is 2.16. The summed E-state index contributed by atoms with van der Waals surface area (Å²) >= 11 is 0. The molecule has 1 aliphatic rings. The first-order valence-corrected chi connectivity index (χ1v) is 9.57. The van der Waals surface area contributed by atoms with Crippen LogP contribution < -0.4 is 10.6 Å². The molecular weight excluding hydrogens is 352 g/mol. The van der Waals surface area contributed by atoms with Gasteiger partial charge in [0.2, 0.25) is 0 Å². The average Bonchev–Trinajstić information content (AvgIpc) is 3.03. The van der Waals surface area contributed by atoms with Crippen molar-refractivity contribution in [3.63, 3.8) is 0 Å². The zero-order valence-electron chi connectivity index (χ0n) is 16.1. The summed E-state index contributed by atoms with van der Waals surface area (Å²) in [5.41, 5.74) is 3.60. The van der Waals surface area contributed by atoms with Gasteiger partial charge in [-0.15, -0.1) is 10.2 Å². The predicted molar refractivity (Wildman–Crippen MR) is 108 cm³/mol. The Bertz CT molecular complexity index is 982. The molecule has 0 bridgehead atoms. The van der Waals surface area contributed by atoms with Gasteiger partial charge in [-0.2, -0.15) is 0 Å². The van der Waals surface area contributed by atoms with Crippen LogP contribution in [0.1, 0.15) is 34.6 Å². The van der Waals surface area contributed by atoms with Crippen LogP contribution >= 0.6 is 0 Å². The Labute approximate surface area is 164 Å². The second kappa shape index (κ2) is 7.80. The van der Waals surface area contributed by atoms with Crippen molar-refractivity contribution in [2.45, 2.75) is 38.8 Å². The second-order valence-corrected chi connectivity index (χ2v) is 7.12. The summed E-state index contributed by atoms with van der Waals surface area (Å²) in [5, 5.41) is 15.1. The Hall–Kier alpha value is -3.22. The number of amides is 1. The minimum absolute atomic E-state index is 0.0370. The maximum atomic E-state index is 12.9. The zero-order valence-corrected chi connectivity index (χ0v) is 16.1. The molecule has 1 atom stereocenters. The van der Waals surface area contributed by atoms with Crippen LogP contribution in [-0.2, 0) is 13.0 Å². The van der Waals surface area contributed by atoms with E-state index in [1.54, 1.807) is 12.4 Å². The highest BCUT2D eigenvalue weighted by Gasteiger charge is 2.23. The standard InChI is InChI=1S/C21H24N6O/c1-14-3-5-18(22-2)17(13-14)21(28)24-16-4-6-19-25-26-20(27(19)12-9-16)15-7-10-23-11-8-15/h3,5,7-8,10-11,13,16,22H,4,6,9,12H2,1-2H3,(H,24,28). The van der Waals surface area contributed by atoms with Gasteiger partial charge < -0.3 is 15.2 Å². The number of carbonyl (C=O) groups excluding carboxylic acids is 1. The fraction of sp³-hybridized carbons (Fsp3) is 0.333. The van der Waals surface area contributed by atoms with E-state index in [0.29, 0.717) is 5.56 Å². The molecule has 0 radical (unpaired) electrons. The van der Waals surface area contributed by atoms with E-state index in [-0.39, 0.29) is 11.9 Å². The molecule has 0 spiro atoms. The number of hydrogen-bond donors (Lipinski definition) is 2. The number of hydrogen-bond acceptors (Lipinski definition) is 5. The van der Waals surface area contributed by atoms with Gasteiger partial charge in [0.1, 0.15) is 5.82 Å². The Morgan fingerprint density at radius 1 is 1.14 bits per heavy atom. The third-order valence-corrected chi connectivity index (χ3v) is 5.21. The van der Waals surface area contributed by atoms with Gasteiger partial charge in [0, 0.05) is 49.7 Å². The molecule has 0 aliphatic carbocycles. The van der Waals surface area contributed by atoms with Crippen LogP contribution in [-0.4, -0.2) is 38.7 Å². The van der Waals surface area contributed by atoms with Gasteiger partial charge in [-0.1, -0.05) is 11.6 Å². The first-order chi connectivity index (χ1) is 13.7. The van der Waals surface area contributed by atoms with Crippen molar-refractivity contribution in [1.82, 2.24) is 25.1 Å². The number of fused-ring (bicyclic) bond motifs is 1. The Morgan fingerprint density at radius 3 is 2.75 bits per heavy atom. The number of nitrogens with zero attached hydrogens (tertiary/aromatic N) is 4. The lowest BCUT2D eigenvalue weighted by atomic mass is 10.1. The summed E-state index contributed by atoms with van der Waals surface area (Å²) in [6.45, 7) is 2.77. The monoisotopic (exact) mass is 376 g/mol. The molecule has 3 aromatic rings. The van der Waals surface area contributed by atoms with Gasteiger partial charge in [0.15, 0.2) is 5.82 Å². The number of pyridine rings is 1. The highest BCUT2D eigenvalue weighted by Crippen LogP contribution is 2.23. The van der Waals surface area contributed by atoms with E-state index in [1.165, 1.54) is 0 Å². The maximum Gasteiger partial charge on any atom is 0.253 e. The van der Waals surface area contributed by atoms with Crippen molar-refractivity contribution < 1.29 is 4.79 Å². The van der Waals surface area contributed by atoms with Crippen molar-refractivity contribution in [3.8, 4) is 11.4 Å². The molecule has 1 unspecified atom stereocenters. The molecule has 7 heteroatoms. The van der Waals surface area contributed by atoms with Gasteiger partial charge in [0.25, 0.3) is 5.91 Å². The van der Waals surface area contributed by atoms with Crippen LogP contribution in [0.4, 0.5) is 5.69 Å². The molecule has 2 N–H and O–H groups in total. The predicted octanol–water partition coefficient (Wildman–Crippen LogP) is 2.83. The van der Waals surface area contributed by atoms with Gasteiger partial charge in [-0.25, -0.2) is 0 Å². The zero-order chi connectivity index (χ0) is 19.5. The first-order valence-electron chi connectivity index (χ1n) is 9.57. The fourth-order valence-corrected chi connectivity index (χ4v) is 3.67. The molecule has 1 aliphatic heterocycles. The largest absolute Gasteiger partial charge is 0.387 e. The third-order valence-electron chi connectivity index (χ3n) is 5.21. The van der Waals surface area contributed by atoms with Crippen LogP contribution in [0.2, 0.25) is 0 Å². The van der Waals surface area contributed by atoms with E-state index < -0.39 is 0 Å². The molecule has 0 fully saturated rings. The van der Waals surface area contributed by atoms with E-state index in [2.05, 4.69) is 30.4 Å². The molecule has 2 aromatic heterocycles. The quantitative estimate of drug-likeness (QED) is 0.731. The summed E-state index contributed by atoms with van der Waals surface area (Å²) in [7, 11) is 1.83. The second-order valence-electron chi connectivity index (χ2n) is 7.12. The fourth-order valence-electron chi connectivity index (χ4n) is 3.67. The molecular formula is C21H24N6O. The Morgan fingerprint density at radius 2 is 1.96 bits per heavy atom. The van der Waals surface area contributed by atoms with E-state index in [1.807, 2.05) is 44.3 Å². The van der Waals surface area contributed by atoms with Crippen LogP contribution in [0.15, 0.2) is 42.7 Å². The van der Waals surface area contributed by atoms with Crippen LogP contribution in [0, 0.1) is 6.92 Å². The summed E-state index contributed by atoms with van der Waals surface area (Å²) in [6, 6.07) is 9.86. The smallest absolute Gasteiger partial charge is 0.253 e. The van der Waals surface area contributed by atoms with Crippen molar-refractivity contribution >= 4 is 11.6 Å². The number of aryl methyl sites for hydroxylation is 2. The van der Waals surface area contributed by atoms with Crippen LogP contribution in [0.5, 0.6) is 0 Å². The molecule has 0 saturated carbocycles. The lowest BCUT2D eigenvalue weighted by molar-refractivity contribution is 0.0933. The van der Waals surface area contributed by atoms with Gasteiger partial charge in [0.05, 0.1) is 5.56 Å². The maximum absolute atomic E-state index is 12.9. The molecule has 28 heavy (non-hydrogen) atoms. The number of aromatic nitrogens is 4. The number of carbonyl (C=O) groups is 1. The van der Waals surface area contributed by atoms with Crippen LogP contribution in [0.3, 0.4) is 0 Å². The lowest BCUT2D eigenvalue weighted by Gasteiger charge is -2.18. The Kier molecular flexibility index (Phi) is 5.06. The lowest BCUT2D eigenvalue weighted by Crippen LogP contribution is -2.35. The van der Waals surface area contributed by atoms with Crippen molar-refractivity contribution in [3.05, 3.63) is 59.7 Å². The number of nitrogens with one attached hydrogen (secondary N) is 2. The molecule has 144 valence electrons. The van der Waals surface area contributed by atoms with Gasteiger partial charge >= 0.3 is 0 Å². The van der Waals surface area contributed by atoms with E-state index in [4.69, 9.17) is 0 Å². The van der Waals surface area contributed by atoms with Crippen molar-refractivity contribution in [1.29, 1.82) is 0 Å². The molecule has 3 heterocycles.